The summed E-state index contributed by atoms with van der Waals surface area (Å²) in [6.45, 7) is 4.42. The first-order valence-electron chi connectivity index (χ1n) is 11.5. The summed E-state index contributed by atoms with van der Waals surface area (Å²) in [5.74, 6) is 0.774. The third kappa shape index (κ3) is 6.12. The standard InChI is InChI=1S/C28H26BrFN2O3S/c1-4-17(2)19-10-11-23-25(15-19)36-28(31-23)32-26(33)12-9-18-13-21(29)27(24(14-18)34-3)35-16-20-7-5-6-8-22(20)30/h5-15,17H,4,16H2,1-3H3,(H,31,32,33)/b12-9+. The van der Waals surface area contributed by atoms with Crippen molar-refractivity contribution in [2.24, 2.45) is 0 Å². The van der Waals surface area contributed by atoms with Crippen LogP contribution in [0.4, 0.5) is 9.52 Å². The normalized spacial score (nSPS) is 12.1. The highest BCUT2D eigenvalue weighted by Gasteiger charge is 2.13. The molecule has 1 amide bonds. The minimum absolute atomic E-state index is 0.0558. The number of hydrogen-bond acceptors (Lipinski definition) is 5. The van der Waals surface area contributed by atoms with E-state index in [4.69, 9.17) is 9.47 Å². The summed E-state index contributed by atoms with van der Waals surface area (Å²) >= 11 is 4.95. The van der Waals surface area contributed by atoms with E-state index in [9.17, 15) is 9.18 Å². The zero-order valence-electron chi connectivity index (χ0n) is 20.2. The van der Waals surface area contributed by atoms with Gasteiger partial charge in [0.15, 0.2) is 16.6 Å². The van der Waals surface area contributed by atoms with Crippen LogP contribution in [0.1, 0.15) is 42.9 Å². The molecule has 0 saturated carbocycles. The number of fused-ring (bicyclic) bond motifs is 1. The van der Waals surface area contributed by atoms with Crippen LogP contribution in [0.5, 0.6) is 11.5 Å². The Kier molecular flexibility index (Phi) is 8.38. The van der Waals surface area contributed by atoms with Gasteiger partial charge in [0.2, 0.25) is 5.91 Å². The Morgan fingerprint density at radius 2 is 2.03 bits per heavy atom. The fourth-order valence-electron chi connectivity index (χ4n) is 3.60. The van der Waals surface area contributed by atoms with E-state index in [1.807, 2.05) is 6.07 Å². The molecular formula is C28H26BrFN2O3S. The van der Waals surface area contributed by atoms with E-state index in [-0.39, 0.29) is 18.3 Å². The van der Waals surface area contributed by atoms with Crippen LogP contribution in [0.3, 0.4) is 0 Å². The van der Waals surface area contributed by atoms with Crippen LogP contribution in [-0.2, 0) is 11.4 Å². The molecule has 5 nitrogen and oxygen atoms in total. The van der Waals surface area contributed by atoms with Gasteiger partial charge in [0.1, 0.15) is 12.4 Å². The van der Waals surface area contributed by atoms with Crippen molar-refractivity contribution < 1.29 is 18.7 Å². The SMILES string of the molecule is CCC(C)c1ccc2nc(NC(=O)/C=C/c3cc(Br)c(OCc4ccccc4F)c(OC)c3)sc2c1. The zero-order valence-corrected chi connectivity index (χ0v) is 22.6. The number of ether oxygens (including phenoxy) is 2. The van der Waals surface area contributed by atoms with Gasteiger partial charge >= 0.3 is 0 Å². The molecule has 186 valence electrons. The van der Waals surface area contributed by atoms with Gasteiger partial charge in [0.05, 0.1) is 21.8 Å². The minimum atomic E-state index is -0.331. The van der Waals surface area contributed by atoms with E-state index in [2.05, 4.69) is 52.2 Å². The lowest BCUT2D eigenvalue weighted by atomic mass is 9.99. The van der Waals surface area contributed by atoms with Crippen molar-refractivity contribution in [3.05, 3.63) is 87.7 Å². The summed E-state index contributed by atoms with van der Waals surface area (Å²) in [5, 5.41) is 3.39. The minimum Gasteiger partial charge on any atom is -0.493 e. The number of carbonyl (C=O) groups excluding carboxylic acids is 1. The van der Waals surface area contributed by atoms with E-state index in [1.54, 1.807) is 36.4 Å². The molecule has 0 aliphatic carbocycles. The van der Waals surface area contributed by atoms with Crippen LogP contribution >= 0.6 is 27.3 Å². The molecule has 0 aliphatic heterocycles. The molecule has 36 heavy (non-hydrogen) atoms. The molecular weight excluding hydrogens is 543 g/mol. The molecule has 3 aromatic carbocycles. The number of amides is 1. The lowest BCUT2D eigenvalue weighted by Gasteiger charge is -2.14. The van der Waals surface area contributed by atoms with E-state index in [0.717, 1.165) is 22.2 Å². The van der Waals surface area contributed by atoms with Crippen LogP contribution in [0.25, 0.3) is 16.3 Å². The van der Waals surface area contributed by atoms with Crippen LogP contribution in [-0.4, -0.2) is 18.0 Å². The Hall–Kier alpha value is -3.23. The lowest BCUT2D eigenvalue weighted by molar-refractivity contribution is -0.111. The quantitative estimate of drug-likeness (QED) is 0.208. The molecule has 1 atom stereocenters. The van der Waals surface area contributed by atoms with Gasteiger partial charge in [-0.3, -0.25) is 10.1 Å². The van der Waals surface area contributed by atoms with Crippen molar-refractivity contribution in [2.75, 3.05) is 12.4 Å². The number of hydrogen-bond donors (Lipinski definition) is 1. The molecule has 0 saturated heterocycles. The Balaban J connectivity index is 1.44. The maximum Gasteiger partial charge on any atom is 0.250 e. The van der Waals surface area contributed by atoms with E-state index in [0.29, 0.717) is 32.6 Å². The number of carbonyl (C=O) groups is 1. The molecule has 0 bridgehead atoms. The molecule has 1 heterocycles. The first-order valence-corrected chi connectivity index (χ1v) is 13.1. The highest BCUT2D eigenvalue weighted by Crippen LogP contribution is 2.38. The summed E-state index contributed by atoms with van der Waals surface area (Å²) in [4.78, 5) is 17.1. The first kappa shape index (κ1) is 25.9. The highest BCUT2D eigenvalue weighted by molar-refractivity contribution is 9.10. The Labute approximate surface area is 222 Å². The monoisotopic (exact) mass is 568 g/mol. The van der Waals surface area contributed by atoms with Crippen LogP contribution in [0.2, 0.25) is 0 Å². The molecule has 0 spiro atoms. The molecule has 4 rings (SSSR count). The molecule has 8 heteroatoms. The van der Waals surface area contributed by atoms with Gasteiger partial charge in [-0.05, 0) is 75.8 Å². The molecule has 1 unspecified atom stereocenters. The third-order valence-corrected chi connectivity index (χ3v) is 7.36. The average molecular weight is 569 g/mol. The van der Waals surface area contributed by atoms with Gasteiger partial charge in [-0.15, -0.1) is 0 Å². The Morgan fingerprint density at radius 1 is 1.22 bits per heavy atom. The second kappa shape index (κ2) is 11.7. The van der Waals surface area contributed by atoms with Crippen molar-refractivity contribution in [3.63, 3.8) is 0 Å². The predicted octanol–water partition coefficient (Wildman–Crippen LogP) is 7.95. The Morgan fingerprint density at radius 3 is 2.78 bits per heavy atom. The fourth-order valence-corrected chi connectivity index (χ4v) is 5.09. The van der Waals surface area contributed by atoms with Crippen molar-refractivity contribution in [1.82, 2.24) is 4.98 Å². The summed E-state index contributed by atoms with van der Waals surface area (Å²) in [7, 11) is 1.53. The number of thiazole rings is 1. The molecule has 4 aromatic rings. The van der Waals surface area contributed by atoms with Gasteiger partial charge in [-0.1, -0.05) is 49.4 Å². The highest BCUT2D eigenvalue weighted by atomic mass is 79.9. The van der Waals surface area contributed by atoms with Crippen molar-refractivity contribution in [3.8, 4) is 11.5 Å². The topological polar surface area (TPSA) is 60.5 Å². The maximum absolute atomic E-state index is 13.9. The number of nitrogens with zero attached hydrogens (tertiary/aromatic N) is 1. The van der Waals surface area contributed by atoms with Crippen molar-refractivity contribution in [1.29, 1.82) is 0 Å². The average Bonchev–Trinajstić information content (AvgIpc) is 3.28. The second-order valence-corrected chi connectivity index (χ2v) is 10.2. The lowest BCUT2D eigenvalue weighted by Crippen LogP contribution is -2.07. The summed E-state index contributed by atoms with van der Waals surface area (Å²) in [5.41, 5.74) is 3.31. The molecule has 1 aromatic heterocycles. The molecule has 0 aliphatic rings. The van der Waals surface area contributed by atoms with Crippen LogP contribution in [0.15, 0.2) is 65.1 Å². The number of rotatable bonds is 9. The van der Waals surface area contributed by atoms with Gasteiger partial charge < -0.3 is 9.47 Å². The summed E-state index contributed by atoms with van der Waals surface area (Å²) in [6.07, 6.45) is 4.19. The third-order valence-electron chi connectivity index (χ3n) is 5.83. The Bertz CT molecular complexity index is 1420. The maximum atomic E-state index is 13.9. The largest absolute Gasteiger partial charge is 0.493 e. The number of nitrogens with one attached hydrogen (secondary N) is 1. The first-order chi connectivity index (χ1) is 17.4. The van der Waals surface area contributed by atoms with Crippen LogP contribution in [0, 0.1) is 5.82 Å². The second-order valence-electron chi connectivity index (χ2n) is 8.29. The van der Waals surface area contributed by atoms with Gasteiger partial charge in [-0.2, -0.15) is 0 Å². The van der Waals surface area contributed by atoms with Crippen molar-refractivity contribution in [2.45, 2.75) is 32.8 Å². The molecule has 1 N–H and O–H groups in total. The number of halogens is 2. The fraction of sp³-hybridized carbons (Fsp3) is 0.214. The van der Waals surface area contributed by atoms with Crippen molar-refractivity contribution >= 4 is 54.6 Å². The summed E-state index contributed by atoms with van der Waals surface area (Å²) < 4.78 is 26.9. The number of aromatic nitrogens is 1. The van der Waals surface area contributed by atoms with E-state index >= 15 is 0 Å². The van der Waals surface area contributed by atoms with Crippen LogP contribution < -0.4 is 14.8 Å². The van der Waals surface area contributed by atoms with Gasteiger partial charge in [0.25, 0.3) is 0 Å². The zero-order chi connectivity index (χ0) is 25.7. The number of benzene rings is 3. The molecule has 0 fully saturated rings. The van der Waals surface area contributed by atoms with E-state index < -0.39 is 0 Å². The van der Waals surface area contributed by atoms with Gasteiger partial charge in [-0.25, -0.2) is 9.37 Å². The molecule has 0 radical (unpaired) electrons. The predicted molar refractivity (Wildman–Crippen MR) is 147 cm³/mol. The summed E-state index contributed by atoms with van der Waals surface area (Å²) in [6, 6.07) is 16.2. The smallest absolute Gasteiger partial charge is 0.250 e. The number of anilines is 1. The number of methoxy groups -OCH3 is 1. The van der Waals surface area contributed by atoms with Gasteiger partial charge in [0, 0.05) is 11.6 Å². The van der Waals surface area contributed by atoms with E-state index in [1.165, 1.54) is 36.2 Å².